The van der Waals surface area contributed by atoms with E-state index in [-0.39, 0.29) is 18.7 Å². The van der Waals surface area contributed by atoms with Crippen molar-refractivity contribution in [2.24, 2.45) is 5.73 Å². The third-order valence-electron chi connectivity index (χ3n) is 3.40. The van der Waals surface area contributed by atoms with Gasteiger partial charge in [0.2, 0.25) is 0 Å². The number of benzene rings is 1. The van der Waals surface area contributed by atoms with Crippen LogP contribution in [0.25, 0.3) is 0 Å². The van der Waals surface area contributed by atoms with Gasteiger partial charge in [-0.3, -0.25) is 0 Å². The lowest BCUT2D eigenvalue weighted by molar-refractivity contribution is 0.0881. The number of ether oxygens (including phenoxy) is 1. The van der Waals surface area contributed by atoms with E-state index < -0.39 is 12.2 Å². The summed E-state index contributed by atoms with van der Waals surface area (Å²) in [5.74, 6) is 0. The number of aliphatic hydroxyl groups excluding tert-OH is 1. The second-order valence-corrected chi connectivity index (χ2v) is 4.95. The van der Waals surface area contributed by atoms with E-state index in [0.717, 1.165) is 12.0 Å². The number of carbonyl (C=O) groups is 1. The quantitative estimate of drug-likeness (QED) is 0.764. The first-order chi connectivity index (χ1) is 9.15. The fourth-order valence-electron chi connectivity index (χ4n) is 2.25. The highest BCUT2D eigenvalue weighted by Crippen LogP contribution is 2.17. The highest BCUT2D eigenvalue weighted by Gasteiger charge is 2.27. The number of aliphatic hydroxyl groups is 1. The largest absolute Gasteiger partial charge is 0.445 e. The standard InChI is InChI=1S/C14H20N2O3/c15-12-8-11(6-7-13(12)17)16-14(18)19-9-10-4-2-1-3-5-10/h1-5,11-13,17H,6-9,15H2,(H,16,18). The Hall–Kier alpha value is -1.59. The first kappa shape index (κ1) is 13.8. The van der Waals surface area contributed by atoms with Gasteiger partial charge in [-0.1, -0.05) is 30.3 Å². The van der Waals surface area contributed by atoms with Crippen LogP contribution < -0.4 is 11.1 Å². The zero-order valence-electron chi connectivity index (χ0n) is 10.8. The summed E-state index contributed by atoms with van der Waals surface area (Å²) in [6.45, 7) is 0.258. The van der Waals surface area contributed by atoms with E-state index in [2.05, 4.69) is 5.32 Å². The summed E-state index contributed by atoms with van der Waals surface area (Å²) in [5, 5.41) is 12.3. The molecule has 104 valence electrons. The Balaban J connectivity index is 1.73. The first-order valence-electron chi connectivity index (χ1n) is 6.56. The Morgan fingerprint density at radius 3 is 2.79 bits per heavy atom. The molecule has 5 heteroatoms. The number of nitrogens with two attached hydrogens (primary N) is 1. The third-order valence-corrected chi connectivity index (χ3v) is 3.40. The Morgan fingerprint density at radius 2 is 2.11 bits per heavy atom. The van der Waals surface area contributed by atoms with Crippen LogP contribution in [0.4, 0.5) is 4.79 Å². The van der Waals surface area contributed by atoms with Crippen LogP contribution in [0.15, 0.2) is 30.3 Å². The zero-order valence-corrected chi connectivity index (χ0v) is 10.8. The van der Waals surface area contributed by atoms with E-state index in [0.29, 0.717) is 12.8 Å². The topological polar surface area (TPSA) is 84.6 Å². The van der Waals surface area contributed by atoms with Crippen molar-refractivity contribution < 1.29 is 14.6 Å². The van der Waals surface area contributed by atoms with Crippen molar-refractivity contribution >= 4 is 6.09 Å². The molecule has 1 saturated carbocycles. The molecule has 0 bridgehead atoms. The molecule has 0 saturated heterocycles. The van der Waals surface area contributed by atoms with Crippen LogP contribution in [0.2, 0.25) is 0 Å². The lowest BCUT2D eigenvalue weighted by atomic mass is 9.89. The van der Waals surface area contributed by atoms with Gasteiger partial charge in [-0.15, -0.1) is 0 Å². The van der Waals surface area contributed by atoms with Crippen LogP contribution in [0.1, 0.15) is 24.8 Å². The maximum absolute atomic E-state index is 11.6. The van der Waals surface area contributed by atoms with E-state index >= 15 is 0 Å². The number of hydrogen-bond donors (Lipinski definition) is 3. The van der Waals surface area contributed by atoms with Crippen molar-refractivity contribution in [3.8, 4) is 0 Å². The molecule has 1 aromatic rings. The molecule has 0 aromatic heterocycles. The van der Waals surface area contributed by atoms with Crippen molar-refractivity contribution in [2.45, 2.75) is 44.1 Å². The third kappa shape index (κ3) is 4.22. The van der Waals surface area contributed by atoms with Crippen molar-refractivity contribution in [1.29, 1.82) is 0 Å². The number of amides is 1. The van der Waals surface area contributed by atoms with E-state index in [1.165, 1.54) is 0 Å². The molecule has 3 atom stereocenters. The Bertz CT molecular complexity index is 410. The predicted molar refractivity (Wildman–Crippen MR) is 71.4 cm³/mol. The number of hydrogen-bond acceptors (Lipinski definition) is 4. The van der Waals surface area contributed by atoms with E-state index in [4.69, 9.17) is 10.5 Å². The molecule has 2 rings (SSSR count). The summed E-state index contributed by atoms with van der Waals surface area (Å²) in [6, 6.07) is 9.24. The van der Waals surface area contributed by atoms with Crippen LogP contribution in [-0.2, 0) is 11.3 Å². The fraction of sp³-hybridized carbons (Fsp3) is 0.500. The number of rotatable bonds is 3. The van der Waals surface area contributed by atoms with E-state index in [1.807, 2.05) is 30.3 Å². The second kappa shape index (κ2) is 6.54. The van der Waals surface area contributed by atoms with Crippen LogP contribution >= 0.6 is 0 Å². The van der Waals surface area contributed by atoms with Gasteiger partial charge in [0.1, 0.15) is 6.61 Å². The molecule has 0 spiro atoms. The molecule has 5 nitrogen and oxygen atoms in total. The maximum Gasteiger partial charge on any atom is 0.407 e. The van der Waals surface area contributed by atoms with Gasteiger partial charge in [-0.05, 0) is 24.8 Å². The van der Waals surface area contributed by atoms with Gasteiger partial charge in [0.05, 0.1) is 6.10 Å². The average Bonchev–Trinajstić information content (AvgIpc) is 2.42. The minimum absolute atomic E-state index is 0.0123. The number of alkyl carbamates (subject to hydrolysis) is 1. The predicted octanol–water partition coefficient (Wildman–Crippen LogP) is 1.15. The SMILES string of the molecule is NC1CC(NC(=O)OCc2ccccc2)CCC1O. The maximum atomic E-state index is 11.6. The molecule has 1 aromatic carbocycles. The normalized spacial score (nSPS) is 26.7. The molecule has 1 aliphatic carbocycles. The van der Waals surface area contributed by atoms with Crippen molar-refractivity contribution in [2.75, 3.05) is 0 Å². The molecular formula is C14H20N2O3. The smallest absolute Gasteiger partial charge is 0.407 e. The zero-order chi connectivity index (χ0) is 13.7. The molecular weight excluding hydrogens is 244 g/mol. The molecule has 19 heavy (non-hydrogen) atoms. The number of nitrogens with one attached hydrogen (secondary N) is 1. The summed E-state index contributed by atoms with van der Waals surface area (Å²) in [4.78, 5) is 11.6. The van der Waals surface area contributed by atoms with Crippen molar-refractivity contribution in [1.82, 2.24) is 5.32 Å². The lowest BCUT2D eigenvalue weighted by Crippen LogP contribution is -2.48. The van der Waals surface area contributed by atoms with Gasteiger partial charge >= 0.3 is 6.09 Å². The van der Waals surface area contributed by atoms with Gasteiger partial charge < -0.3 is 20.9 Å². The van der Waals surface area contributed by atoms with Gasteiger partial charge in [0.25, 0.3) is 0 Å². The number of carbonyl (C=O) groups excluding carboxylic acids is 1. The minimum Gasteiger partial charge on any atom is -0.445 e. The highest BCUT2D eigenvalue weighted by atomic mass is 16.5. The summed E-state index contributed by atoms with van der Waals surface area (Å²) in [6.07, 6.45) is 1.04. The molecule has 0 heterocycles. The van der Waals surface area contributed by atoms with Crippen LogP contribution in [0.5, 0.6) is 0 Å². The van der Waals surface area contributed by atoms with Crippen LogP contribution in [0.3, 0.4) is 0 Å². The molecule has 4 N–H and O–H groups in total. The molecule has 0 aliphatic heterocycles. The van der Waals surface area contributed by atoms with E-state index in [9.17, 15) is 9.90 Å². The summed E-state index contributed by atoms with van der Waals surface area (Å²) in [5.41, 5.74) is 6.72. The first-order valence-corrected chi connectivity index (χ1v) is 6.56. The summed E-state index contributed by atoms with van der Waals surface area (Å²) >= 11 is 0. The highest BCUT2D eigenvalue weighted by molar-refractivity contribution is 5.67. The minimum atomic E-state index is -0.460. The summed E-state index contributed by atoms with van der Waals surface area (Å²) < 4.78 is 5.14. The molecule has 1 fully saturated rings. The van der Waals surface area contributed by atoms with Crippen LogP contribution in [-0.4, -0.2) is 29.4 Å². The molecule has 1 amide bonds. The van der Waals surface area contributed by atoms with Gasteiger partial charge in [-0.2, -0.15) is 0 Å². The fourth-order valence-corrected chi connectivity index (χ4v) is 2.25. The second-order valence-electron chi connectivity index (χ2n) is 4.95. The van der Waals surface area contributed by atoms with E-state index in [1.54, 1.807) is 0 Å². The molecule has 1 aliphatic rings. The van der Waals surface area contributed by atoms with Gasteiger partial charge in [0.15, 0.2) is 0 Å². The van der Waals surface area contributed by atoms with Gasteiger partial charge in [-0.25, -0.2) is 4.79 Å². The Labute approximate surface area is 112 Å². The summed E-state index contributed by atoms with van der Waals surface area (Å²) in [7, 11) is 0. The van der Waals surface area contributed by atoms with Crippen molar-refractivity contribution in [3.05, 3.63) is 35.9 Å². The monoisotopic (exact) mass is 264 g/mol. The molecule has 3 unspecified atom stereocenters. The van der Waals surface area contributed by atoms with Crippen molar-refractivity contribution in [3.63, 3.8) is 0 Å². The average molecular weight is 264 g/mol. The molecule has 0 radical (unpaired) electrons. The lowest BCUT2D eigenvalue weighted by Gasteiger charge is -2.30. The Kier molecular flexibility index (Phi) is 4.76. The van der Waals surface area contributed by atoms with Crippen LogP contribution in [0, 0.1) is 0 Å². The van der Waals surface area contributed by atoms with Gasteiger partial charge in [0, 0.05) is 12.1 Å². The Morgan fingerprint density at radius 1 is 1.37 bits per heavy atom.